The lowest BCUT2D eigenvalue weighted by molar-refractivity contribution is -0.129. The maximum absolute atomic E-state index is 11.8. The molecule has 0 saturated carbocycles. The Hall–Kier alpha value is -1.46. The molecule has 1 aromatic rings. The fourth-order valence-corrected chi connectivity index (χ4v) is 4.16. The van der Waals surface area contributed by atoms with E-state index >= 15 is 0 Å². The molecule has 0 aliphatic carbocycles. The molecule has 1 heterocycles. The summed E-state index contributed by atoms with van der Waals surface area (Å²) in [5.74, 6) is 0.920. The summed E-state index contributed by atoms with van der Waals surface area (Å²) in [6.45, 7) is 8.22. The summed E-state index contributed by atoms with van der Waals surface area (Å²) >= 11 is 12.7. The molecule has 1 aliphatic heterocycles. The maximum atomic E-state index is 11.8. The van der Waals surface area contributed by atoms with E-state index in [0.29, 0.717) is 29.6 Å². The first kappa shape index (κ1) is 20.8. The van der Waals surface area contributed by atoms with Crippen LogP contribution in [0.3, 0.4) is 0 Å². The quantitative estimate of drug-likeness (QED) is 0.589. The number of hydrogen-bond acceptors (Lipinski definition) is 2. The zero-order chi connectivity index (χ0) is 19.3. The maximum Gasteiger partial charge on any atom is 0.222 e. The van der Waals surface area contributed by atoms with Gasteiger partial charge in [0, 0.05) is 54.6 Å². The van der Waals surface area contributed by atoms with Crippen LogP contribution in [0.2, 0.25) is 10.0 Å². The van der Waals surface area contributed by atoms with Gasteiger partial charge in [-0.3, -0.25) is 9.79 Å². The number of halogens is 2. The van der Waals surface area contributed by atoms with Gasteiger partial charge in [0.25, 0.3) is 0 Å². The monoisotopic (exact) mass is 398 g/mol. The van der Waals surface area contributed by atoms with Gasteiger partial charge in [-0.05, 0) is 24.1 Å². The number of rotatable bonds is 5. The van der Waals surface area contributed by atoms with Crippen LogP contribution in [-0.2, 0) is 10.2 Å². The largest absolute Gasteiger partial charge is 0.356 e. The summed E-state index contributed by atoms with van der Waals surface area (Å²) in [4.78, 5) is 18.0. The fourth-order valence-electron chi connectivity index (χ4n) is 3.25. The van der Waals surface area contributed by atoms with E-state index in [-0.39, 0.29) is 17.4 Å². The van der Waals surface area contributed by atoms with Gasteiger partial charge in [0.2, 0.25) is 5.91 Å². The van der Waals surface area contributed by atoms with Crippen molar-refractivity contribution in [2.75, 3.05) is 26.7 Å². The van der Waals surface area contributed by atoms with E-state index in [1.165, 1.54) is 0 Å². The third-order valence-corrected chi connectivity index (χ3v) is 5.38. The first-order chi connectivity index (χ1) is 12.3. The lowest BCUT2D eigenvalue weighted by Gasteiger charge is -2.29. The van der Waals surface area contributed by atoms with Crippen LogP contribution in [0.15, 0.2) is 23.2 Å². The van der Waals surface area contributed by atoms with Crippen molar-refractivity contribution in [3.05, 3.63) is 33.8 Å². The van der Waals surface area contributed by atoms with Gasteiger partial charge in [-0.2, -0.15) is 0 Å². The standard InChI is InChI=1S/C19H28Cl2N4O/c1-5-16(26)25-10-9-13(11-25)24-18(22-4)23-12-19(2,3)17-14(20)7-6-8-15(17)21/h6-8,13H,5,9-12H2,1-4H3,(H2,22,23,24). The van der Waals surface area contributed by atoms with Gasteiger partial charge in [-0.25, -0.2) is 0 Å². The third kappa shape index (κ3) is 5.04. The number of carbonyl (C=O) groups excluding carboxylic acids is 1. The smallest absolute Gasteiger partial charge is 0.222 e. The topological polar surface area (TPSA) is 56.7 Å². The predicted octanol–water partition coefficient (Wildman–Crippen LogP) is 3.45. The second kappa shape index (κ2) is 8.96. The molecule has 0 aromatic heterocycles. The van der Waals surface area contributed by atoms with Crippen LogP contribution >= 0.6 is 23.2 Å². The minimum atomic E-state index is -0.271. The normalized spacial score (nSPS) is 18.2. The van der Waals surface area contributed by atoms with Crippen molar-refractivity contribution in [3.63, 3.8) is 0 Å². The molecule has 1 amide bonds. The fraction of sp³-hybridized carbons (Fsp3) is 0.579. The van der Waals surface area contributed by atoms with E-state index in [1.54, 1.807) is 7.05 Å². The number of carbonyl (C=O) groups is 1. The van der Waals surface area contributed by atoms with Gasteiger partial charge in [0.15, 0.2) is 5.96 Å². The van der Waals surface area contributed by atoms with Crippen LogP contribution in [0, 0.1) is 0 Å². The molecule has 2 rings (SSSR count). The van der Waals surface area contributed by atoms with E-state index in [1.807, 2.05) is 30.0 Å². The molecule has 1 fully saturated rings. The Bertz CT molecular complexity index is 655. The number of aliphatic imine (C=N–C) groups is 1. The zero-order valence-electron chi connectivity index (χ0n) is 15.9. The van der Waals surface area contributed by atoms with Crippen LogP contribution in [0.25, 0.3) is 0 Å². The summed E-state index contributed by atoms with van der Waals surface area (Å²) in [5.41, 5.74) is 0.652. The molecule has 26 heavy (non-hydrogen) atoms. The highest BCUT2D eigenvalue weighted by molar-refractivity contribution is 6.36. The summed E-state index contributed by atoms with van der Waals surface area (Å²) in [7, 11) is 1.74. The van der Waals surface area contributed by atoms with Gasteiger partial charge in [0.05, 0.1) is 0 Å². The van der Waals surface area contributed by atoms with Crippen LogP contribution < -0.4 is 10.6 Å². The molecule has 1 saturated heterocycles. The highest BCUT2D eigenvalue weighted by atomic mass is 35.5. The van der Waals surface area contributed by atoms with Gasteiger partial charge in [-0.1, -0.05) is 50.0 Å². The van der Waals surface area contributed by atoms with Gasteiger partial charge >= 0.3 is 0 Å². The Morgan fingerprint density at radius 2 is 2.00 bits per heavy atom. The van der Waals surface area contributed by atoms with E-state index in [4.69, 9.17) is 23.2 Å². The second-order valence-electron chi connectivity index (χ2n) is 7.23. The Balaban J connectivity index is 1.96. The molecule has 1 atom stereocenters. The Kier molecular flexibility index (Phi) is 7.18. The molecule has 1 aromatic carbocycles. The van der Waals surface area contributed by atoms with Crippen molar-refractivity contribution in [2.24, 2.45) is 4.99 Å². The highest BCUT2D eigenvalue weighted by Crippen LogP contribution is 2.35. The molecular formula is C19H28Cl2N4O. The van der Waals surface area contributed by atoms with Gasteiger partial charge in [0.1, 0.15) is 0 Å². The van der Waals surface area contributed by atoms with Crippen LogP contribution in [0.4, 0.5) is 0 Å². The summed E-state index contributed by atoms with van der Waals surface area (Å²) in [6, 6.07) is 5.77. The van der Waals surface area contributed by atoms with E-state index in [9.17, 15) is 4.79 Å². The summed E-state index contributed by atoms with van der Waals surface area (Å²) < 4.78 is 0. The average molecular weight is 399 g/mol. The van der Waals surface area contributed by atoms with Crippen LogP contribution in [-0.4, -0.2) is 49.5 Å². The number of nitrogens with one attached hydrogen (secondary N) is 2. The van der Waals surface area contributed by atoms with E-state index < -0.39 is 0 Å². The minimum Gasteiger partial charge on any atom is -0.356 e. The van der Waals surface area contributed by atoms with Crippen molar-refractivity contribution < 1.29 is 4.79 Å². The zero-order valence-corrected chi connectivity index (χ0v) is 17.4. The molecule has 0 spiro atoms. The molecule has 1 aliphatic rings. The number of benzene rings is 1. The molecule has 2 N–H and O–H groups in total. The minimum absolute atomic E-state index is 0.201. The molecule has 5 nitrogen and oxygen atoms in total. The van der Waals surface area contributed by atoms with Crippen molar-refractivity contribution in [2.45, 2.75) is 45.1 Å². The second-order valence-corrected chi connectivity index (χ2v) is 8.04. The SMILES string of the molecule is CCC(=O)N1CCC(NC(=NC)NCC(C)(C)c2c(Cl)cccc2Cl)C1. The lowest BCUT2D eigenvalue weighted by Crippen LogP contribution is -2.48. The number of hydrogen-bond donors (Lipinski definition) is 2. The Morgan fingerprint density at radius 3 is 2.58 bits per heavy atom. The number of guanidine groups is 1. The van der Waals surface area contributed by atoms with Crippen molar-refractivity contribution in [1.82, 2.24) is 15.5 Å². The molecule has 144 valence electrons. The van der Waals surface area contributed by atoms with Crippen LogP contribution in [0.5, 0.6) is 0 Å². The molecule has 0 bridgehead atoms. The molecular weight excluding hydrogens is 371 g/mol. The van der Waals surface area contributed by atoms with Crippen molar-refractivity contribution >= 4 is 35.1 Å². The molecule has 1 unspecified atom stereocenters. The molecule has 0 radical (unpaired) electrons. The van der Waals surface area contributed by atoms with Crippen molar-refractivity contribution in [3.8, 4) is 0 Å². The number of likely N-dealkylation sites (tertiary alicyclic amines) is 1. The Morgan fingerprint density at radius 1 is 1.35 bits per heavy atom. The highest BCUT2D eigenvalue weighted by Gasteiger charge is 2.28. The summed E-state index contributed by atoms with van der Waals surface area (Å²) in [6.07, 6.45) is 1.47. The first-order valence-corrected chi connectivity index (χ1v) is 9.73. The van der Waals surface area contributed by atoms with Gasteiger partial charge < -0.3 is 15.5 Å². The number of nitrogens with zero attached hydrogens (tertiary/aromatic N) is 2. The Labute approximate surface area is 166 Å². The molecule has 7 heteroatoms. The summed E-state index contributed by atoms with van der Waals surface area (Å²) in [5, 5.41) is 8.10. The van der Waals surface area contributed by atoms with E-state index in [0.717, 1.165) is 24.5 Å². The first-order valence-electron chi connectivity index (χ1n) is 8.98. The van der Waals surface area contributed by atoms with Crippen LogP contribution in [0.1, 0.15) is 39.2 Å². The predicted molar refractivity (Wildman–Crippen MR) is 109 cm³/mol. The third-order valence-electron chi connectivity index (χ3n) is 4.75. The van der Waals surface area contributed by atoms with Crippen molar-refractivity contribution in [1.29, 1.82) is 0 Å². The van der Waals surface area contributed by atoms with Gasteiger partial charge in [-0.15, -0.1) is 0 Å². The number of amides is 1. The van der Waals surface area contributed by atoms with E-state index in [2.05, 4.69) is 29.5 Å². The lowest BCUT2D eigenvalue weighted by atomic mass is 9.84. The average Bonchev–Trinajstić information content (AvgIpc) is 3.06.